The predicted octanol–water partition coefficient (Wildman–Crippen LogP) is 1.29. The third-order valence-corrected chi connectivity index (χ3v) is 5.03. The first-order valence-electron chi connectivity index (χ1n) is 6.14. The lowest BCUT2D eigenvalue weighted by atomic mass is 10.1. The van der Waals surface area contributed by atoms with E-state index in [0.29, 0.717) is 31.9 Å². The molecule has 1 saturated heterocycles. The van der Waals surface area contributed by atoms with Gasteiger partial charge in [0.25, 0.3) is 10.2 Å². The lowest BCUT2D eigenvalue weighted by Crippen LogP contribution is -2.56. The number of morpholine rings is 1. The van der Waals surface area contributed by atoms with Gasteiger partial charge in [-0.2, -0.15) is 17.0 Å². The second kappa shape index (κ2) is 6.05. The van der Waals surface area contributed by atoms with Gasteiger partial charge in [0.15, 0.2) is 0 Å². The summed E-state index contributed by atoms with van der Waals surface area (Å²) in [6.07, 6.45) is 0.561. The smallest absolute Gasteiger partial charge is 0.281 e. The van der Waals surface area contributed by atoms with Gasteiger partial charge in [-0.25, -0.2) is 0 Å². The SMILES string of the molecule is CC1CN(S(=O)(=O)N(C)CCCCl)CC(C)(C)O1. The lowest BCUT2D eigenvalue weighted by molar-refractivity contribution is -0.110. The number of alkyl halides is 1. The predicted molar refractivity (Wildman–Crippen MR) is 73.1 cm³/mol. The van der Waals surface area contributed by atoms with Crippen LogP contribution in [0.2, 0.25) is 0 Å². The molecule has 0 amide bonds. The largest absolute Gasteiger partial charge is 0.370 e. The summed E-state index contributed by atoms with van der Waals surface area (Å²) in [6.45, 7) is 6.93. The topological polar surface area (TPSA) is 49.9 Å². The number of hydrogen-bond donors (Lipinski definition) is 0. The van der Waals surface area contributed by atoms with Crippen LogP contribution in [-0.4, -0.2) is 61.3 Å². The number of ether oxygens (including phenoxy) is 1. The summed E-state index contributed by atoms with van der Waals surface area (Å²) < 4.78 is 33.3. The van der Waals surface area contributed by atoms with Crippen molar-refractivity contribution in [2.24, 2.45) is 0 Å². The third kappa shape index (κ3) is 4.06. The minimum absolute atomic E-state index is 0.0926. The molecular formula is C11H23ClN2O3S. The van der Waals surface area contributed by atoms with Crippen molar-refractivity contribution in [1.29, 1.82) is 0 Å². The van der Waals surface area contributed by atoms with Crippen LogP contribution in [0.15, 0.2) is 0 Å². The normalized spacial score (nSPS) is 25.6. The number of halogens is 1. The molecule has 0 aromatic heterocycles. The van der Waals surface area contributed by atoms with Gasteiger partial charge in [0.1, 0.15) is 0 Å². The molecule has 1 atom stereocenters. The van der Waals surface area contributed by atoms with E-state index in [4.69, 9.17) is 16.3 Å². The minimum Gasteiger partial charge on any atom is -0.370 e. The van der Waals surface area contributed by atoms with Crippen LogP contribution in [0, 0.1) is 0 Å². The zero-order valence-electron chi connectivity index (χ0n) is 11.5. The van der Waals surface area contributed by atoms with Gasteiger partial charge in [-0.1, -0.05) is 0 Å². The van der Waals surface area contributed by atoms with Crippen LogP contribution in [0.3, 0.4) is 0 Å². The van der Waals surface area contributed by atoms with Crippen molar-refractivity contribution in [2.45, 2.75) is 38.9 Å². The summed E-state index contributed by atoms with van der Waals surface area (Å²) in [5, 5.41) is 0. The molecule has 0 saturated carbocycles. The van der Waals surface area contributed by atoms with Crippen LogP contribution >= 0.6 is 11.6 Å². The zero-order valence-corrected chi connectivity index (χ0v) is 13.1. The van der Waals surface area contributed by atoms with E-state index in [1.807, 2.05) is 20.8 Å². The molecule has 0 aromatic carbocycles. The van der Waals surface area contributed by atoms with E-state index in [2.05, 4.69) is 0 Å². The van der Waals surface area contributed by atoms with Gasteiger partial charge in [0, 0.05) is 32.6 Å². The van der Waals surface area contributed by atoms with Crippen LogP contribution in [0.5, 0.6) is 0 Å². The van der Waals surface area contributed by atoms with Crippen molar-refractivity contribution in [3.05, 3.63) is 0 Å². The summed E-state index contributed by atoms with van der Waals surface area (Å²) in [5.74, 6) is 0.463. The molecule has 0 N–H and O–H groups in total. The van der Waals surface area contributed by atoms with E-state index < -0.39 is 15.8 Å². The molecule has 5 nitrogen and oxygen atoms in total. The Hall–Kier alpha value is 0.120. The van der Waals surface area contributed by atoms with Crippen molar-refractivity contribution in [1.82, 2.24) is 8.61 Å². The second-order valence-corrected chi connectivity index (χ2v) is 7.77. The first-order valence-corrected chi connectivity index (χ1v) is 8.07. The van der Waals surface area contributed by atoms with E-state index in [-0.39, 0.29) is 6.10 Å². The Morgan fingerprint density at radius 2 is 2.11 bits per heavy atom. The number of nitrogens with zero attached hydrogens (tertiary/aromatic N) is 2. The highest BCUT2D eigenvalue weighted by atomic mass is 35.5. The molecule has 1 heterocycles. The van der Waals surface area contributed by atoms with E-state index in [9.17, 15) is 8.42 Å². The Morgan fingerprint density at radius 1 is 1.50 bits per heavy atom. The second-order valence-electron chi connectivity index (χ2n) is 5.35. The van der Waals surface area contributed by atoms with E-state index in [1.165, 1.54) is 8.61 Å². The molecular weight excluding hydrogens is 276 g/mol. The van der Waals surface area contributed by atoms with Gasteiger partial charge >= 0.3 is 0 Å². The fourth-order valence-electron chi connectivity index (χ4n) is 2.17. The summed E-state index contributed by atoms with van der Waals surface area (Å²) in [7, 11) is -1.82. The first kappa shape index (κ1) is 16.2. The average Bonchev–Trinajstić information content (AvgIpc) is 2.22. The van der Waals surface area contributed by atoms with Gasteiger partial charge < -0.3 is 4.74 Å². The molecule has 18 heavy (non-hydrogen) atoms. The van der Waals surface area contributed by atoms with Crippen molar-refractivity contribution in [3.8, 4) is 0 Å². The minimum atomic E-state index is -3.41. The van der Waals surface area contributed by atoms with Crippen molar-refractivity contribution >= 4 is 21.8 Å². The molecule has 0 radical (unpaired) electrons. The standard InChI is InChI=1S/C11H23ClN2O3S/c1-10-8-14(9-11(2,3)17-10)18(15,16)13(4)7-5-6-12/h10H,5-9H2,1-4H3. The Balaban J connectivity index is 2.78. The molecule has 1 unspecified atom stereocenters. The maximum absolute atomic E-state index is 12.4. The van der Waals surface area contributed by atoms with Gasteiger partial charge in [-0.05, 0) is 27.2 Å². The molecule has 0 bridgehead atoms. The molecule has 1 fully saturated rings. The quantitative estimate of drug-likeness (QED) is 0.719. The third-order valence-electron chi connectivity index (χ3n) is 2.86. The Labute approximate surface area is 115 Å². The highest BCUT2D eigenvalue weighted by Crippen LogP contribution is 2.24. The zero-order chi connectivity index (χ0) is 14.0. The molecule has 0 spiro atoms. The Morgan fingerprint density at radius 3 is 2.61 bits per heavy atom. The number of rotatable bonds is 5. The van der Waals surface area contributed by atoms with Crippen LogP contribution in [0.25, 0.3) is 0 Å². The van der Waals surface area contributed by atoms with Crippen molar-refractivity contribution < 1.29 is 13.2 Å². The Bertz CT molecular complexity index is 372. The molecule has 1 rings (SSSR count). The first-order chi connectivity index (χ1) is 8.19. The van der Waals surface area contributed by atoms with Crippen LogP contribution in [-0.2, 0) is 14.9 Å². The lowest BCUT2D eigenvalue weighted by Gasteiger charge is -2.42. The molecule has 1 aliphatic heterocycles. The van der Waals surface area contributed by atoms with Gasteiger partial charge in [0.2, 0.25) is 0 Å². The maximum Gasteiger partial charge on any atom is 0.281 e. The molecule has 1 aliphatic rings. The highest BCUT2D eigenvalue weighted by Gasteiger charge is 2.38. The summed E-state index contributed by atoms with van der Waals surface area (Å²) in [4.78, 5) is 0. The monoisotopic (exact) mass is 298 g/mol. The van der Waals surface area contributed by atoms with Crippen LogP contribution < -0.4 is 0 Å². The van der Waals surface area contributed by atoms with Gasteiger partial charge in [-0.15, -0.1) is 11.6 Å². The van der Waals surface area contributed by atoms with Crippen LogP contribution in [0.4, 0.5) is 0 Å². The maximum atomic E-state index is 12.4. The molecule has 7 heteroatoms. The van der Waals surface area contributed by atoms with E-state index in [0.717, 1.165) is 0 Å². The fraction of sp³-hybridized carbons (Fsp3) is 1.00. The van der Waals surface area contributed by atoms with E-state index in [1.54, 1.807) is 7.05 Å². The number of hydrogen-bond acceptors (Lipinski definition) is 3. The average molecular weight is 299 g/mol. The summed E-state index contributed by atoms with van der Waals surface area (Å²) in [6, 6.07) is 0. The van der Waals surface area contributed by atoms with Crippen LogP contribution in [0.1, 0.15) is 27.2 Å². The Kier molecular flexibility index (Phi) is 5.44. The molecule has 0 aliphatic carbocycles. The molecule has 108 valence electrons. The van der Waals surface area contributed by atoms with Gasteiger partial charge in [-0.3, -0.25) is 0 Å². The van der Waals surface area contributed by atoms with Crippen molar-refractivity contribution in [3.63, 3.8) is 0 Å². The van der Waals surface area contributed by atoms with Gasteiger partial charge in [0.05, 0.1) is 11.7 Å². The highest BCUT2D eigenvalue weighted by molar-refractivity contribution is 7.86. The van der Waals surface area contributed by atoms with E-state index >= 15 is 0 Å². The van der Waals surface area contributed by atoms with Crippen molar-refractivity contribution in [2.75, 3.05) is 32.6 Å². The summed E-state index contributed by atoms with van der Waals surface area (Å²) in [5.41, 5.74) is -0.446. The molecule has 0 aromatic rings. The summed E-state index contributed by atoms with van der Waals surface area (Å²) >= 11 is 5.59. The fourth-order valence-corrected chi connectivity index (χ4v) is 3.91.